The molecule has 1 saturated heterocycles. The van der Waals surface area contributed by atoms with Crippen LogP contribution >= 0.6 is 0 Å². The van der Waals surface area contributed by atoms with Crippen LogP contribution in [0.5, 0.6) is 0 Å². The van der Waals surface area contributed by atoms with Crippen molar-refractivity contribution in [1.29, 1.82) is 0 Å². The molecule has 3 N–H and O–H groups in total. The third-order valence-electron chi connectivity index (χ3n) is 3.09. The molecular weight excluding hydrogens is 238 g/mol. The highest BCUT2D eigenvalue weighted by Gasteiger charge is 2.29. The molecule has 1 aliphatic heterocycles. The minimum atomic E-state index is -0.506. The first kappa shape index (κ1) is 12.5. The van der Waals surface area contributed by atoms with Crippen molar-refractivity contribution in [2.24, 2.45) is 5.92 Å². The van der Waals surface area contributed by atoms with Gasteiger partial charge in [0.05, 0.1) is 4.92 Å². The maximum atomic E-state index is 10.9. The fourth-order valence-corrected chi connectivity index (χ4v) is 2.18. The van der Waals surface area contributed by atoms with Crippen LogP contribution in [0.25, 0.3) is 0 Å². The Kier molecular flexibility index (Phi) is 3.56. The van der Waals surface area contributed by atoms with E-state index in [1.807, 2.05) is 4.90 Å². The molecule has 1 atom stereocenters. The summed E-state index contributed by atoms with van der Waals surface area (Å²) in [5.74, 6) is 0.639. The summed E-state index contributed by atoms with van der Waals surface area (Å²) in [7, 11) is 0. The first-order valence-corrected chi connectivity index (χ1v) is 5.74. The van der Waals surface area contributed by atoms with Crippen LogP contribution in [0.3, 0.4) is 0 Å². The number of anilines is 2. The smallest absolute Gasteiger partial charge is 0.329 e. The minimum absolute atomic E-state index is 0.0289. The molecule has 1 unspecified atom stereocenters. The van der Waals surface area contributed by atoms with E-state index < -0.39 is 4.92 Å². The van der Waals surface area contributed by atoms with E-state index in [-0.39, 0.29) is 24.1 Å². The number of nitrogen functional groups attached to an aromatic ring is 1. The average molecular weight is 253 g/mol. The minimum Gasteiger partial charge on any atom is -0.396 e. The lowest BCUT2D eigenvalue weighted by atomic mass is 10.1. The third kappa shape index (κ3) is 2.48. The summed E-state index contributed by atoms with van der Waals surface area (Å²) in [4.78, 5) is 19.8. The average Bonchev–Trinajstić information content (AvgIpc) is 2.77. The molecule has 0 bridgehead atoms. The highest BCUT2D eigenvalue weighted by atomic mass is 16.6. The Morgan fingerprint density at radius 2 is 2.44 bits per heavy atom. The number of nitrogens with two attached hydrogens (primary N) is 1. The van der Waals surface area contributed by atoms with Crippen molar-refractivity contribution in [3.05, 3.63) is 16.3 Å². The van der Waals surface area contributed by atoms with Crippen LogP contribution in [0.2, 0.25) is 0 Å². The quantitative estimate of drug-likeness (QED) is 0.580. The van der Waals surface area contributed by atoms with Crippen LogP contribution in [0.15, 0.2) is 6.20 Å². The zero-order chi connectivity index (χ0) is 13.1. The van der Waals surface area contributed by atoms with Gasteiger partial charge in [0.2, 0.25) is 11.8 Å². The van der Waals surface area contributed by atoms with Crippen molar-refractivity contribution in [3.63, 3.8) is 0 Å². The van der Waals surface area contributed by atoms with E-state index in [0.29, 0.717) is 25.4 Å². The van der Waals surface area contributed by atoms with Crippen LogP contribution < -0.4 is 10.6 Å². The zero-order valence-electron chi connectivity index (χ0n) is 9.82. The zero-order valence-corrected chi connectivity index (χ0v) is 9.82. The van der Waals surface area contributed by atoms with Crippen LogP contribution in [0.1, 0.15) is 12.8 Å². The molecule has 2 rings (SSSR count). The lowest BCUT2D eigenvalue weighted by Crippen LogP contribution is -2.23. The molecule has 0 aromatic carbocycles. The predicted octanol–water partition coefficient (Wildman–Crippen LogP) is 0.176. The van der Waals surface area contributed by atoms with Gasteiger partial charge in [0.1, 0.15) is 6.20 Å². The summed E-state index contributed by atoms with van der Waals surface area (Å²) in [6, 6.07) is 0. The van der Waals surface area contributed by atoms with Gasteiger partial charge in [-0.15, -0.1) is 0 Å². The molecule has 0 saturated carbocycles. The fraction of sp³-hybridized carbons (Fsp3) is 0.600. The SMILES string of the molecule is Nc1ncc([N+](=O)[O-])c(N2CCC(CCO)C2)n1. The largest absolute Gasteiger partial charge is 0.396 e. The summed E-state index contributed by atoms with van der Waals surface area (Å²) in [5, 5.41) is 19.8. The molecule has 98 valence electrons. The van der Waals surface area contributed by atoms with Crippen molar-refractivity contribution >= 4 is 17.5 Å². The third-order valence-corrected chi connectivity index (χ3v) is 3.09. The molecule has 8 nitrogen and oxygen atoms in total. The van der Waals surface area contributed by atoms with E-state index in [0.717, 1.165) is 12.6 Å². The predicted molar refractivity (Wildman–Crippen MR) is 65.1 cm³/mol. The normalized spacial score (nSPS) is 19.2. The highest BCUT2D eigenvalue weighted by molar-refractivity contribution is 5.58. The molecule has 0 radical (unpaired) electrons. The van der Waals surface area contributed by atoms with Crippen LogP contribution in [-0.4, -0.2) is 39.7 Å². The van der Waals surface area contributed by atoms with Gasteiger partial charge in [-0.05, 0) is 18.8 Å². The number of aromatic nitrogens is 2. The van der Waals surface area contributed by atoms with Crippen molar-refractivity contribution in [1.82, 2.24) is 9.97 Å². The van der Waals surface area contributed by atoms with Crippen LogP contribution in [0.4, 0.5) is 17.5 Å². The van der Waals surface area contributed by atoms with E-state index in [4.69, 9.17) is 10.8 Å². The second-order valence-electron chi connectivity index (χ2n) is 4.31. The van der Waals surface area contributed by atoms with Gasteiger partial charge in [-0.25, -0.2) is 4.98 Å². The van der Waals surface area contributed by atoms with E-state index in [1.54, 1.807) is 0 Å². The van der Waals surface area contributed by atoms with Crippen molar-refractivity contribution in [2.45, 2.75) is 12.8 Å². The molecule has 0 aliphatic carbocycles. The summed E-state index contributed by atoms with van der Waals surface area (Å²) < 4.78 is 0. The van der Waals surface area contributed by atoms with E-state index in [9.17, 15) is 10.1 Å². The first-order chi connectivity index (χ1) is 8.61. The first-order valence-electron chi connectivity index (χ1n) is 5.74. The number of rotatable bonds is 4. The molecule has 0 amide bonds. The van der Waals surface area contributed by atoms with Gasteiger partial charge in [0, 0.05) is 19.7 Å². The second kappa shape index (κ2) is 5.13. The Hall–Kier alpha value is -1.96. The highest BCUT2D eigenvalue weighted by Crippen LogP contribution is 2.30. The number of aliphatic hydroxyl groups is 1. The van der Waals surface area contributed by atoms with E-state index in [1.165, 1.54) is 0 Å². The molecule has 2 heterocycles. The van der Waals surface area contributed by atoms with Gasteiger partial charge in [-0.3, -0.25) is 10.1 Å². The van der Waals surface area contributed by atoms with Gasteiger partial charge in [-0.2, -0.15) is 4.98 Å². The molecule has 8 heteroatoms. The van der Waals surface area contributed by atoms with Gasteiger partial charge >= 0.3 is 5.69 Å². The Labute approximate surface area is 104 Å². The van der Waals surface area contributed by atoms with E-state index in [2.05, 4.69) is 9.97 Å². The lowest BCUT2D eigenvalue weighted by Gasteiger charge is -2.17. The number of hydrogen-bond acceptors (Lipinski definition) is 7. The number of aliphatic hydroxyl groups excluding tert-OH is 1. The van der Waals surface area contributed by atoms with Gasteiger partial charge in [0.15, 0.2) is 0 Å². The second-order valence-corrected chi connectivity index (χ2v) is 4.31. The summed E-state index contributed by atoms with van der Waals surface area (Å²) >= 11 is 0. The summed E-state index contributed by atoms with van der Waals surface area (Å²) in [6.07, 6.45) is 2.73. The molecular formula is C10H15N5O3. The number of nitrogens with zero attached hydrogens (tertiary/aromatic N) is 4. The number of hydrogen-bond donors (Lipinski definition) is 2. The molecule has 1 fully saturated rings. The molecule has 0 spiro atoms. The molecule has 18 heavy (non-hydrogen) atoms. The maximum Gasteiger partial charge on any atom is 0.329 e. The Bertz CT molecular complexity index is 453. The summed E-state index contributed by atoms with van der Waals surface area (Å²) in [5.41, 5.74) is 5.35. The van der Waals surface area contributed by atoms with Crippen LogP contribution in [0, 0.1) is 16.0 Å². The molecule has 1 aromatic rings. The van der Waals surface area contributed by atoms with Crippen molar-refractivity contribution in [2.75, 3.05) is 30.3 Å². The van der Waals surface area contributed by atoms with Gasteiger partial charge in [0.25, 0.3) is 0 Å². The maximum absolute atomic E-state index is 10.9. The van der Waals surface area contributed by atoms with Crippen LogP contribution in [-0.2, 0) is 0 Å². The van der Waals surface area contributed by atoms with Crippen molar-refractivity contribution in [3.8, 4) is 0 Å². The fourth-order valence-electron chi connectivity index (χ4n) is 2.18. The monoisotopic (exact) mass is 253 g/mol. The number of nitro groups is 1. The van der Waals surface area contributed by atoms with Gasteiger partial charge in [-0.1, -0.05) is 0 Å². The lowest BCUT2D eigenvalue weighted by molar-refractivity contribution is -0.384. The van der Waals surface area contributed by atoms with E-state index >= 15 is 0 Å². The Balaban J connectivity index is 2.23. The summed E-state index contributed by atoms with van der Waals surface area (Å²) in [6.45, 7) is 1.46. The van der Waals surface area contributed by atoms with Crippen molar-refractivity contribution < 1.29 is 10.0 Å². The Morgan fingerprint density at radius 3 is 3.11 bits per heavy atom. The Morgan fingerprint density at radius 1 is 1.67 bits per heavy atom. The molecule has 1 aliphatic rings. The topological polar surface area (TPSA) is 118 Å². The standard InChI is InChI=1S/C10H15N5O3/c11-10-12-5-8(15(17)18)9(13-10)14-3-1-7(6-14)2-4-16/h5,7,16H,1-4,6H2,(H2,11,12,13). The molecule has 1 aromatic heterocycles. The van der Waals surface area contributed by atoms with Gasteiger partial charge < -0.3 is 15.7 Å².